The number of carbonyl (C=O) groups is 3. The molecule has 0 aromatic heterocycles. The highest BCUT2D eigenvalue weighted by Crippen LogP contribution is 2.72. The number of hydrogen-bond donors (Lipinski definition) is 1. The molecular weight excluding hydrogens is 492 g/mol. The molecule has 8 atom stereocenters. The number of esters is 2. The first-order valence-corrected chi connectivity index (χ1v) is 13.6. The monoisotopic (exact) mass is 528 g/mol. The number of ether oxygens (including phenoxy) is 5. The van der Waals surface area contributed by atoms with Gasteiger partial charge >= 0.3 is 11.9 Å². The van der Waals surface area contributed by atoms with Crippen LogP contribution in [0.25, 0.3) is 0 Å². The molecule has 6 aliphatic rings. The van der Waals surface area contributed by atoms with Gasteiger partial charge in [-0.2, -0.15) is 0 Å². The van der Waals surface area contributed by atoms with Crippen LogP contribution in [0.15, 0.2) is 35.5 Å². The van der Waals surface area contributed by atoms with E-state index in [9.17, 15) is 19.5 Å². The van der Waals surface area contributed by atoms with E-state index in [2.05, 4.69) is 19.9 Å². The predicted octanol–water partition coefficient (Wildman–Crippen LogP) is 2.50. The van der Waals surface area contributed by atoms with Crippen molar-refractivity contribution in [2.45, 2.75) is 94.9 Å². The Hall–Kier alpha value is -2.33. The normalized spacial score (nSPS) is 47.3. The fourth-order valence-electron chi connectivity index (χ4n) is 7.88. The molecule has 206 valence electrons. The van der Waals surface area contributed by atoms with Crippen molar-refractivity contribution in [1.29, 1.82) is 0 Å². The quantitative estimate of drug-likeness (QED) is 0.311. The Morgan fingerprint density at radius 2 is 1.87 bits per heavy atom. The van der Waals surface area contributed by atoms with Crippen LogP contribution in [0.3, 0.4) is 0 Å². The second kappa shape index (κ2) is 8.84. The highest BCUT2D eigenvalue weighted by atomic mass is 16.6. The van der Waals surface area contributed by atoms with Crippen molar-refractivity contribution in [3.05, 3.63) is 35.5 Å². The molecular formula is C29H36O9. The van der Waals surface area contributed by atoms with Crippen molar-refractivity contribution in [2.24, 2.45) is 10.8 Å². The number of fused-ring (bicyclic) bond motifs is 2. The van der Waals surface area contributed by atoms with Crippen LogP contribution in [-0.4, -0.2) is 78.3 Å². The lowest BCUT2D eigenvalue weighted by Gasteiger charge is -2.58. The van der Waals surface area contributed by atoms with Gasteiger partial charge in [0.25, 0.3) is 0 Å². The molecule has 1 N–H and O–H groups in total. The molecule has 3 saturated heterocycles. The second-order valence-corrected chi connectivity index (χ2v) is 12.0. The molecule has 4 fully saturated rings. The van der Waals surface area contributed by atoms with Gasteiger partial charge in [0, 0.05) is 24.0 Å². The van der Waals surface area contributed by atoms with E-state index in [1.54, 1.807) is 6.08 Å². The zero-order valence-electron chi connectivity index (χ0n) is 22.2. The Bertz CT molecular complexity index is 1150. The van der Waals surface area contributed by atoms with Gasteiger partial charge in [0.2, 0.25) is 0 Å². The van der Waals surface area contributed by atoms with Crippen LogP contribution in [0.5, 0.6) is 0 Å². The molecule has 4 aliphatic heterocycles. The number of epoxide rings is 1. The first kappa shape index (κ1) is 25.9. The summed E-state index contributed by atoms with van der Waals surface area (Å²) in [6.07, 6.45) is 6.90. The fourth-order valence-corrected chi connectivity index (χ4v) is 7.88. The van der Waals surface area contributed by atoms with Gasteiger partial charge in [0.15, 0.2) is 11.4 Å². The van der Waals surface area contributed by atoms with Gasteiger partial charge in [-0.05, 0) is 51.5 Å². The molecule has 0 amide bonds. The van der Waals surface area contributed by atoms with Gasteiger partial charge in [-0.1, -0.05) is 24.6 Å². The van der Waals surface area contributed by atoms with Gasteiger partial charge in [-0.3, -0.25) is 4.79 Å². The lowest BCUT2D eigenvalue weighted by atomic mass is 9.51. The van der Waals surface area contributed by atoms with Gasteiger partial charge in [-0.15, -0.1) is 0 Å². The van der Waals surface area contributed by atoms with Crippen molar-refractivity contribution >= 4 is 17.7 Å². The van der Waals surface area contributed by atoms with E-state index < -0.39 is 46.2 Å². The summed E-state index contributed by atoms with van der Waals surface area (Å²) in [6, 6.07) is 0. The summed E-state index contributed by atoms with van der Waals surface area (Å²) in [5.74, 6) is -1.41. The Kier molecular flexibility index (Phi) is 6.03. The van der Waals surface area contributed by atoms with Crippen molar-refractivity contribution in [3.63, 3.8) is 0 Å². The van der Waals surface area contributed by atoms with Crippen molar-refractivity contribution in [1.82, 2.24) is 0 Å². The van der Waals surface area contributed by atoms with Crippen molar-refractivity contribution in [2.75, 3.05) is 19.8 Å². The number of cyclic esters (lactones) is 1. The number of aliphatic hydroxyl groups excluding tert-OH is 1. The first-order valence-electron chi connectivity index (χ1n) is 13.6. The third-order valence-corrected chi connectivity index (χ3v) is 10.3. The molecule has 9 heteroatoms. The number of aliphatic hydroxyl groups is 1. The zero-order valence-corrected chi connectivity index (χ0v) is 22.2. The lowest BCUT2D eigenvalue weighted by Crippen LogP contribution is -2.66. The van der Waals surface area contributed by atoms with Crippen LogP contribution < -0.4 is 0 Å². The third kappa shape index (κ3) is 3.48. The average Bonchev–Trinajstić information content (AvgIpc) is 3.65. The fraction of sp³-hybridized carbons (Fsp3) is 0.690. The third-order valence-electron chi connectivity index (χ3n) is 10.3. The molecule has 0 aromatic rings. The Morgan fingerprint density at radius 3 is 2.61 bits per heavy atom. The molecule has 6 rings (SSSR count). The molecule has 1 saturated carbocycles. The number of carbonyl (C=O) groups excluding carboxylic acids is 3. The molecule has 0 unspecified atom stereocenters. The molecule has 0 aromatic carbocycles. The lowest BCUT2D eigenvalue weighted by molar-refractivity contribution is -0.232. The Labute approximate surface area is 222 Å². The Morgan fingerprint density at radius 1 is 1.08 bits per heavy atom. The maximum atomic E-state index is 13.2. The summed E-state index contributed by atoms with van der Waals surface area (Å²) in [6.45, 7) is 6.28. The molecule has 2 aliphatic carbocycles. The average molecular weight is 529 g/mol. The van der Waals surface area contributed by atoms with Crippen LogP contribution in [0.2, 0.25) is 0 Å². The molecule has 9 nitrogen and oxygen atoms in total. The SMILES string of the molecule is CC(=O)[C@@]12CC/C=C\C(=O)O[C@@H]3C[C@H]4O[C@@H]5C=C(C)CC[C@]5(COC(=O)C=C(CCO1)[C@H]2O)[C@]3(C)[C@]41CO1. The van der Waals surface area contributed by atoms with Crippen molar-refractivity contribution < 1.29 is 43.2 Å². The largest absolute Gasteiger partial charge is 0.462 e. The number of allylic oxidation sites excluding steroid dienone is 2. The van der Waals surface area contributed by atoms with E-state index in [1.807, 2.05) is 0 Å². The minimum atomic E-state index is -1.49. The summed E-state index contributed by atoms with van der Waals surface area (Å²) < 4.78 is 30.6. The Balaban J connectivity index is 1.42. The summed E-state index contributed by atoms with van der Waals surface area (Å²) in [5.41, 5.74) is -1.77. The first-order chi connectivity index (χ1) is 18.1. The van der Waals surface area contributed by atoms with Gasteiger partial charge in [0.05, 0.1) is 30.8 Å². The van der Waals surface area contributed by atoms with E-state index in [4.69, 9.17) is 23.7 Å². The minimum Gasteiger partial charge on any atom is -0.462 e. The van der Waals surface area contributed by atoms with E-state index in [1.165, 1.54) is 24.6 Å². The molecule has 4 heterocycles. The summed E-state index contributed by atoms with van der Waals surface area (Å²) >= 11 is 0. The van der Waals surface area contributed by atoms with Crippen LogP contribution in [0, 0.1) is 10.8 Å². The van der Waals surface area contributed by atoms with Gasteiger partial charge < -0.3 is 28.8 Å². The van der Waals surface area contributed by atoms with Gasteiger partial charge in [0.1, 0.15) is 24.4 Å². The second-order valence-electron chi connectivity index (χ2n) is 12.0. The molecule has 4 bridgehead atoms. The van der Waals surface area contributed by atoms with Crippen molar-refractivity contribution in [3.8, 4) is 0 Å². The van der Waals surface area contributed by atoms with E-state index in [0.29, 0.717) is 37.9 Å². The maximum Gasteiger partial charge on any atom is 0.330 e. The zero-order chi connectivity index (χ0) is 26.9. The standard InChI is InChI=1S/C29H36O9/c1-17-7-10-27-15-34-24(32)13-19-8-11-35-28(18(2)30,25(19)33)9-5-4-6-23(31)38-20-14-22(37-21(27)12-17)29(16-36-29)26(20,27)3/h4,6,12-13,20-22,25,33H,5,7-11,14-16H2,1-3H3/b6-4-,19-13?/t20-,21-,22-,25-,26-,27-,28-,29+/m1/s1. The summed E-state index contributed by atoms with van der Waals surface area (Å²) in [7, 11) is 0. The molecule has 38 heavy (non-hydrogen) atoms. The van der Waals surface area contributed by atoms with E-state index in [-0.39, 0.29) is 37.6 Å². The predicted molar refractivity (Wildman–Crippen MR) is 133 cm³/mol. The highest BCUT2D eigenvalue weighted by molar-refractivity contribution is 5.88. The smallest absolute Gasteiger partial charge is 0.330 e. The van der Waals surface area contributed by atoms with Crippen LogP contribution in [-0.2, 0) is 38.1 Å². The number of ketones is 1. The number of rotatable bonds is 1. The van der Waals surface area contributed by atoms with E-state index in [0.717, 1.165) is 6.42 Å². The summed E-state index contributed by atoms with van der Waals surface area (Å²) in [4.78, 5) is 38.9. The highest BCUT2D eigenvalue weighted by Gasteiger charge is 2.83. The summed E-state index contributed by atoms with van der Waals surface area (Å²) in [5, 5.41) is 11.2. The topological polar surface area (TPSA) is 121 Å². The number of hydrogen-bond acceptors (Lipinski definition) is 9. The molecule has 0 radical (unpaired) electrons. The van der Waals surface area contributed by atoms with Crippen LogP contribution in [0.4, 0.5) is 0 Å². The number of Topliss-reactive ketones (excluding diaryl/α,β-unsaturated/α-hetero) is 1. The van der Waals surface area contributed by atoms with Crippen LogP contribution in [0.1, 0.15) is 59.3 Å². The minimum absolute atomic E-state index is 0.0483. The maximum absolute atomic E-state index is 13.2. The van der Waals surface area contributed by atoms with Gasteiger partial charge in [-0.25, -0.2) is 9.59 Å². The van der Waals surface area contributed by atoms with E-state index >= 15 is 0 Å². The molecule has 2 spiro atoms. The van der Waals surface area contributed by atoms with Crippen LogP contribution >= 0.6 is 0 Å².